The summed E-state index contributed by atoms with van der Waals surface area (Å²) >= 11 is 0. The average molecular weight is 263 g/mol. The molecule has 1 saturated heterocycles. The number of benzene rings is 1. The first-order valence-corrected chi connectivity index (χ1v) is 7.21. The maximum atomic E-state index is 5.84. The molecule has 3 heteroatoms. The predicted octanol–water partition coefficient (Wildman–Crippen LogP) is 2.74. The highest BCUT2D eigenvalue weighted by atomic mass is 16.5. The third kappa shape index (κ3) is 4.94. The number of hydrogen-bond acceptors (Lipinski definition) is 3. The SMILES string of the molecule is CC(C)NCc1ccccc1COCC1CCOC1. The predicted molar refractivity (Wildman–Crippen MR) is 77.0 cm³/mol. The molecule has 3 nitrogen and oxygen atoms in total. The molecule has 1 aliphatic heterocycles. The highest BCUT2D eigenvalue weighted by Crippen LogP contribution is 2.15. The molecular formula is C16H25NO2. The lowest BCUT2D eigenvalue weighted by Crippen LogP contribution is -2.22. The Bertz CT molecular complexity index is 373. The summed E-state index contributed by atoms with van der Waals surface area (Å²) in [5.41, 5.74) is 2.62. The summed E-state index contributed by atoms with van der Waals surface area (Å²) in [6, 6.07) is 9.00. The van der Waals surface area contributed by atoms with Crippen molar-refractivity contribution >= 4 is 0 Å². The summed E-state index contributed by atoms with van der Waals surface area (Å²) in [5.74, 6) is 0.584. The molecule has 0 amide bonds. The van der Waals surface area contributed by atoms with E-state index >= 15 is 0 Å². The second-order valence-corrected chi connectivity index (χ2v) is 5.55. The third-order valence-electron chi connectivity index (χ3n) is 3.45. The Morgan fingerprint density at radius 3 is 2.79 bits per heavy atom. The maximum absolute atomic E-state index is 5.84. The molecule has 2 rings (SSSR count). The minimum atomic E-state index is 0.504. The van der Waals surface area contributed by atoms with Gasteiger partial charge in [0, 0.05) is 25.1 Å². The van der Waals surface area contributed by atoms with Gasteiger partial charge in [-0.3, -0.25) is 0 Å². The van der Waals surface area contributed by atoms with E-state index in [1.165, 1.54) is 11.1 Å². The van der Waals surface area contributed by atoms with Gasteiger partial charge in [-0.1, -0.05) is 38.1 Å². The van der Waals surface area contributed by atoms with E-state index in [0.717, 1.165) is 32.8 Å². The second kappa shape index (κ2) is 7.63. The molecule has 0 radical (unpaired) electrons. The van der Waals surface area contributed by atoms with Gasteiger partial charge in [-0.25, -0.2) is 0 Å². The topological polar surface area (TPSA) is 30.5 Å². The van der Waals surface area contributed by atoms with E-state index in [2.05, 4.69) is 43.4 Å². The van der Waals surface area contributed by atoms with Crippen molar-refractivity contribution < 1.29 is 9.47 Å². The van der Waals surface area contributed by atoms with Crippen LogP contribution in [0.2, 0.25) is 0 Å². The van der Waals surface area contributed by atoms with Gasteiger partial charge in [-0.15, -0.1) is 0 Å². The Hall–Kier alpha value is -0.900. The van der Waals surface area contributed by atoms with Crippen LogP contribution in [0.25, 0.3) is 0 Å². The van der Waals surface area contributed by atoms with Crippen LogP contribution in [-0.2, 0) is 22.6 Å². The molecule has 1 N–H and O–H groups in total. The molecule has 1 unspecified atom stereocenters. The first kappa shape index (κ1) is 14.5. The number of nitrogens with one attached hydrogen (secondary N) is 1. The first-order chi connectivity index (χ1) is 9.25. The molecule has 1 aliphatic rings. The fraction of sp³-hybridized carbons (Fsp3) is 0.625. The quantitative estimate of drug-likeness (QED) is 0.820. The van der Waals surface area contributed by atoms with Crippen molar-refractivity contribution in [1.82, 2.24) is 5.32 Å². The Balaban J connectivity index is 1.80. The van der Waals surface area contributed by atoms with Crippen LogP contribution in [0.4, 0.5) is 0 Å². The van der Waals surface area contributed by atoms with Gasteiger partial charge < -0.3 is 14.8 Å². The fourth-order valence-electron chi connectivity index (χ4n) is 2.24. The lowest BCUT2D eigenvalue weighted by molar-refractivity contribution is 0.0787. The molecule has 0 saturated carbocycles. The third-order valence-corrected chi connectivity index (χ3v) is 3.45. The number of rotatable bonds is 7. The lowest BCUT2D eigenvalue weighted by Gasteiger charge is -2.14. The zero-order valence-electron chi connectivity index (χ0n) is 12.0. The van der Waals surface area contributed by atoms with Crippen molar-refractivity contribution in [2.75, 3.05) is 19.8 Å². The van der Waals surface area contributed by atoms with E-state index in [9.17, 15) is 0 Å². The normalized spacial score (nSPS) is 19.2. The van der Waals surface area contributed by atoms with Crippen LogP contribution in [0.1, 0.15) is 31.4 Å². The van der Waals surface area contributed by atoms with Crippen LogP contribution in [0.5, 0.6) is 0 Å². The lowest BCUT2D eigenvalue weighted by atomic mass is 10.1. The van der Waals surface area contributed by atoms with Gasteiger partial charge >= 0.3 is 0 Å². The van der Waals surface area contributed by atoms with Crippen LogP contribution in [0.15, 0.2) is 24.3 Å². The molecule has 19 heavy (non-hydrogen) atoms. The van der Waals surface area contributed by atoms with Crippen molar-refractivity contribution in [2.45, 2.75) is 39.5 Å². The van der Waals surface area contributed by atoms with E-state index < -0.39 is 0 Å². The van der Waals surface area contributed by atoms with Gasteiger partial charge in [0.05, 0.1) is 19.8 Å². The molecule has 1 aromatic rings. The van der Waals surface area contributed by atoms with Crippen LogP contribution in [0.3, 0.4) is 0 Å². The Kier molecular flexibility index (Phi) is 5.83. The number of ether oxygens (including phenoxy) is 2. The summed E-state index contributed by atoms with van der Waals surface area (Å²) in [5, 5.41) is 3.46. The maximum Gasteiger partial charge on any atom is 0.0720 e. The van der Waals surface area contributed by atoms with Gasteiger partial charge in [-0.2, -0.15) is 0 Å². The van der Waals surface area contributed by atoms with Crippen LogP contribution >= 0.6 is 0 Å². The van der Waals surface area contributed by atoms with Crippen molar-refractivity contribution in [3.8, 4) is 0 Å². The Morgan fingerprint density at radius 1 is 1.32 bits per heavy atom. The first-order valence-electron chi connectivity index (χ1n) is 7.21. The van der Waals surface area contributed by atoms with Crippen LogP contribution in [-0.4, -0.2) is 25.9 Å². The highest BCUT2D eigenvalue weighted by molar-refractivity contribution is 5.26. The standard InChI is InChI=1S/C16H25NO2/c1-13(2)17-9-15-5-3-4-6-16(15)12-19-11-14-7-8-18-10-14/h3-6,13-14,17H,7-12H2,1-2H3. The average Bonchev–Trinajstić information content (AvgIpc) is 2.91. The molecule has 1 fully saturated rings. The molecule has 0 bridgehead atoms. The highest BCUT2D eigenvalue weighted by Gasteiger charge is 2.15. The van der Waals surface area contributed by atoms with E-state index in [1.807, 2.05) is 0 Å². The Labute approximate surface area is 116 Å². The summed E-state index contributed by atoms with van der Waals surface area (Å²) in [7, 11) is 0. The molecular weight excluding hydrogens is 238 g/mol. The fourth-order valence-corrected chi connectivity index (χ4v) is 2.24. The van der Waals surface area contributed by atoms with Crippen LogP contribution in [0, 0.1) is 5.92 Å². The molecule has 1 aromatic carbocycles. The van der Waals surface area contributed by atoms with E-state index in [1.54, 1.807) is 0 Å². The van der Waals surface area contributed by atoms with Crippen molar-refractivity contribution in [2.24, 2.45) is 5.92 Å². The largest absolute Gasteiger partial charge is 0.381 e. The summed E-state index contributed by atoms with van der Waals surface area (Å²) < 4.78 is 11.2. The summed E-state index contributed by atoms with van der Waals surface area (Å²) in [6.45, 7) is 8.50. The molecule has 0 spiro atoms. The van der Waals surface area contributed by atoms with Gasteiger partial charge in [0.1, 0.15) is 0 Å². The monoisotopic (exact) mass is 263 g/mol. The van der Waals surface area contributed by atoms with Crippen molar-refractivity contribution in [1.29, 1.82) is 0 Å². The van der Waals surface area contributed by atoms with Gasteiger partial charge in [0.15, 0.2) is 0 Å². The van der Waals surface area contributed by atoms with Gasteiger partial charge in [0.2, 0.25) is 0 Å². The van der Waals surface area contributed by atoms with E-state index in [4.69, 9.17) is 9.47 Å². The molecule has 1 atom stereocenters. The molecule has 1 heterocycles. The Morgan fingerprint density at radius 2 is 2.11 bits per heavy atom. The van der Waals surface area contributed by atoms with Crippen molar-refractivity contribution in [3.05, 3.63) is 35.4 Å². The summed E-state index contributed by atoms with van der Waals surface area (Å²) in [6.07, 6.45) is 1.14. The smallest absolute Gasteiger partial charge is 0.0720 e. The van der Waals surface area contributed by atoms with Crippen LogP contribution < -0.4 is 5.32 Å². The van der Waals surface area contributed by atoms with Crippen molar-refractivity contribution in [3.63, 3.8) is 0 Å². The van der Waals surface area contributed by atoms with E-state index in [0.29, 0.717) is 18.6 Å². The van der Waals surface area contributed by atoms with E-state index in [-0.39, 0.29) is 0 Å². The van der Waals surface area contributed by atoms with Gasteiger partial charge in [0.25, 0.3) is 0 Å². The molecule has 0 aromatic heterocycles. The minimum Gasteiger partial charge on any atom is -0.381 e. The van der Waals surface area contributed by atoms with Gasteiger partial charge in [-0.05, 0) is 17.5 Å². The zero-order valence-corrected chi connectivity index (χ0v) is 12.0. The molecule has 0 aliphatic carbocycles. The minimum absolute atomic E-state index is 0.504. The number of hydrogen-bond donors (Lipinski definition) is 1. The molecule has 106 valence electrons. The second-order valence-electron chi connectivity index (χ2n) is 5.55. The summed E-state index contributed by atoms with van der Waals surface area (Å²) in [4.78, 5) is 0. The zero-order chi connectivity index (χ0) is 13.5.